The fourth-order valence-electron chi connectivity index (χ4n) is 1.78. The Morgan fingerprint density at radius 1 is 1.17 bits per heavy atom. The van der Waals surface area contributed by atoms with Gasteiger partial charge in [0.1, 0.15) is 0 Å². The first-order valence-corrected chi connectivity index (χ1v) is 6.91. The second kappa shape index (κ2) is 6.78. The Balaban J connectivity index is 2.25. The number of hydrogen-bond donors (Lipinski definition) is 0. The lowest BCUT2D eigenvalue weighted by atomic mass is 10.3. The number of para-hydroxylation sites is 2. The van der Waals surface area contributed by atoms with Crippen LogP contribution in [-0.2, 0) is 16.0 Å². The van der Waals surface area contributed by atoms with E-state index in [-0.39, 0.29) is 0 Å². The summed E-state index contributed by atoms with van der Waals surface area (Å²) in [4.78, 5) is 4.65. The summed E-state index contributed by atoms with van der Waals surface area (Å²) in [5.41, 5.74) is 2.20. The molecule has 1 aromatic heterocycles. The molecule has 1 aromatic carbocycles. The molecule has 2 aromatic rings. The maximum atomic E-state index is 5.16. The maximum Gasteiger partial charge on any atom is 0.169 e. The normalized spacial score (nSPS) is 11.2. The number of hydrogen-bond acceptors (Lipinski definition) is 4. The van der Waals surface area contributed by atoms with E-state index >= 15 is 0 Å². The molecule has 4 nitrogen and oxygen atoms in total. The molecule has 0 amide bonds. The Kier molecular flexibility index (Phi) is 5.04. The van der Waals surface area contributed by atoms with Gasteiger partial charge >= 0.3 is 0 Å². The fraction of sp³-hybridized carbons (Fsp3) is 0.462. The van der Waals surface area contributed by atoms with Crippen LogP contribution in [0.2, 0.25) is 0 Å². The molecule has 5 heteroatoms. The number of thioether (sulfide) groups is 1. The van der Waals surface area contributed by atoms with Crippen molar-refractivity contribution in [1.82, 2.24) is 9.55 Å². The van der Waals surface area contributed by atoms with Crippen molar-refractivity contribution >= 4 is 22.8 Å². The van der Waals surface area contributed by atoms with E-state index < -0.39 is 0 Å². The van der Waals surface area contributed by atoms with E-state index in [1.165, 1.54) is 0 Å². The molecule has 0 N–H and O–H groups in total. The van der Waals surface area contributed by atoms with Gasteiger partial charge in [0.05, 0.1) is 24.2 Å². The number of ether oxygens (including phenoxy) is 2. The van der Waals surface area contributed by atoms with Crippen LogP contribution < -0.4 is 0 Å². The van der Waals surface area contributed by atoms with E-state index in [4.69, 9.17) is 9.47 Å². The molecule has 0 bridgehead atoms. The van der Waals surface area contributed by atoms with Crippen molar-refractivity contribution in [2.45, 2.75) is 11.7 Å². The van der Waals surface area contributed by atoms with Crippen LogP contribution in [0.3, 0.4) is 0 Å². The summed E-state index contributed by atoms with van der Waals surface area (Å²) in [5.74, 6) is 0.910. The average molecular weight is 266 g/mol. The van der Waals surface area contributed by atoms with E-state index in [2.05, 4.69) is 15.6 Å². The largest absolute Gasteiger partial charge is 0.384 e. The highest BCUT2D eigenvalue weighted by Crippen LogP contribution is 2.23. The fourth-order valence-corrected chi connectivity index (χ4v) is 2.72. The van der Waals surface area contributed by atoms with Gasteiger partial charge in [0.25, 0.3) is 0 Å². The third-order valence-corrected chi connectivity index (χ3v) is 3.60. The molecule has 98 valence electrons. The first kappa shape index (κ1) is 13.4. The van der Waals surface area contributed by atoms with Gasteiger partial charge in [-0.1, -0.05) is 23.9 Å². The summed E-state index contributed by atoms with van der Waals surface area (Å²) >= 11 is 1.72. The second-order valence-corrected chi connectivity index (χ2v) is 4.93. The average Bonchev–Trinajstić information content (AvgIpc) is 2.74. The van der Waals surface area contributed by atoms with Crippen molar-refractivity contribution in [2.75, 3.05) is 33.2 Å². The van der Waals surface area contributed by atoms with Gasteiger partial charge in [0, 0.05) is 26.5 Å². The number of fused-ring (bicyclic) bond motifs is 1. The van der Waals surface area contributed by atoms with E-state index in [1.807, 2.05) is 18.2 Å². The van der Waals surface area contributed by atoms with Gasteiger partial charge in [-0.25, -0.2) is 4.98 Å². The van der Waals surface area contributed by atoms with Crippen molar-refractivity contribution < 1.29 is 9.47 Å². The predicted molar refractivity (Wildman–Crippen MR) is 74.2 cm³/mol. The minimum atomic E-state index is 0.693. The number of benzene rings is 1. The Morgan fingerprint density at radius 3 is 2.72 bits per heavy atom. The number of rotatable bonds is 7. The summed E-state index contributed by atoms with van der Waals surface area (Å²) in [5, 5.41) is 1.03. The van der Waals surface area contributed by atoms with E-state index in [0.29, 0.717) is 6.61 Å². The monoisotopic (exact) mass is 266 g/mol. The van der Waals surface area contributed by atoms with Crippen molar-refractivity contribution in [3.8, 4) is 0 Å². The number of imidazole rings is 1. The Morgan fingerprint density at radius 2 is 1.94 bits per heavy atom. The van der Waals surface area contributed by atoms with Crippen molar-refractivity contribution in [1.29, 1.82) is 0 Å². The Labute approximate surface area is 111 Å². The Hall–Kier alpha value is -1.04. The molecule has 0 radical (unpaired) electrons. The molecular formula is C13H18N2O2S. The minimum Gasteiger partial charge on any atom is -0.384 e. The van der Waals surface area contributed by atoms with E-state index in [0.717, 1.165) is 35.1 Å². The number of aromatic nitrogens is 2. The topological polar surface area (TPSA) is 36.3 Å². The Bertz CT molecular complexity index is 499. The molecule has 2 rings (SSSR count). The zero-order valence-corrected chi connectivity index (χ0v) is 11.6. The molecule has 0 aliphatic rings. The molecule has 0 aliphatic carbocycles. The highest BCUT2D eigenvalue weighted by molar-refractivity contribution is 7.99. The highest BCUT2D eigenvalue weighted by atomic mass is 32.2. The zero-order valence-electron chi connectivity index (χ0n) is 10.8. The standard InChI is InChI=1S/C13H18N2O2S/c1-16-8-7-15-12-6-4-3-5-11(12)14-13(15)18-10-9-17-2/h3-6H,7-10H2,1-2H3. The van der Waals surface area contributed by atoms with Crippen LogP contribution >= 0.6 is 11.8 Å². The van der Waals surface area contributed by atoms with E-state index in [9.17, 15) is 0 Å². The quantitative estimate of drug-likeness (QED) is 0.569. The van der Waals surface area contributed by atoms with Gasteiger partial charge in [0.15, 0.2) is 5.16 Å². The van der Waals surface area contributed by atoms with Gasteiger partial charge in [-0.2, -0.15) is 0 Å². The summed E-state index contributed by atoms with van der Waals surface area (Å²) in [6, 6.07) is 8.19. The lowest BCUT2D eigenvalue weighted by molar-refractivity contribution is 0.186. The van der Waals surface area contributed by atoms with Crippen LogP contribution in [0.1, 0.15) is 0 Å². The van der Waals surface area contributed by atoms with Gasteiger partial charge in [-0.15, -0.1) is 0 Å². The first-order valence-electron chi connectivity index (χ1n) is 5.92. The molecule has 0 unspecified atom stereocenters. The lowest BCUT2D eigenvalue weighted by Gasteiger charge is -2.07. The van der Waals surface area contributed by atoms with Crippen LogP contribution in [0.5, 0.6) is 0 Å². The lowest BCUT2D eigenvalue weighted by Crippen LogP contribution is -2.06. The summed E-state index contributed by atoms with van der Waals surface area (Å²) in [6.07, 6.45) is 0. The van der Waals surface area contributed by atoms with Crippen LogP contribution in [0.25, 0.3) is 11.0 Å². The zero-order chi connectivity index (χ0) is 12.8. The third kappa shape index (κ3) is 3.04. The second-order valence-electron chi connectivity index (χ2n) is 3.87. The van der Waals surface area contributed by atoms with Gasteiger partial charge in [-0.3, -0.25) is 0 Å². The molecule has 0 aliphatic heterocycles. The smallest absolute Gasteiger partial charge is 0.169 e. The number of methoxy groups -OCH3 is 2. The molecule has 0 atom stereocenters. The molecule has 0 saturated carbocycles. The highest BCUT2D eigenvalue weighted by Gasteiger charge is 2.10. The van der Waals surface area contributed by atoms with Crippen LogP contribution in [0, 0.1) is 0 Å². The summed E-state index contributed by atoms with van der Waals surface area (Å²) < 4.78 is 12.4. The summed E-state index contributed by atoms with van der Waals surface area (Å²) in [6.45, 7) is 2.25. The number of nitrogens with zero attached hydrogens (tertiary/aromatic N) is 2. The van der Waals surface area contributed by atoms with Gasteiger partial charge < -0.3 is 14.0 Å². The van der Waals surface area contributed by atoms with Crippen LogP contribution in [0.4, 0.5) is 0 Å². The summed E-state index contributed by atoms with van der Waals surface area (Å²) in [7, 11) is 3.44. The third-order valence-electron chi connectivity index (χ3n) is 2.66. The predicted octanol–water partition coefficient (Wildman–Crippen LogP) is 2.42. The molecule has 0 fully saturated rings. The van der Waals surface area contributed by atoms with Crippen LogP contribution in [-0.4, -0.2) is 42.7 Å². The van der Waals surface area contributed by atoms with Crippen molar-refractivity contribution in [2.24, 2.45) is 0 Å². The maximum absolute atomic E-state index is 5.16. The minimum absolute atomic E-state index is 0.693. The van der Waals surface area contributed by atoms with Crippen molar-refractivity contribution in [3.05, 3.63) is 24.3 Å². The first-order chi connectivity index (χ1) is 8.86. The van der Waals surface area contributed by atoms with Crippen LogP contribution in [0.15, 0.2) is 29.4 Å². The molecular weight excluding hydrogens is 248 g/mol. The molecule has 0 saturated heterocycles. The van der Waals surface area contributed by atoms with Crippen molar-refractivity contribution in [3.63, 3.8) is 0 Å². The molecule has 0 spiro atoms. The SMILES string of the molecule is COCCSc1nc2ccccc2n1CCOC. The molecule has 1 heterocycles. The van der Waals surface area contributed by atoms with Gasteiger partial charge in [0.2, 0.25) is 0 Å². The molecule has 18 heavy (non-hydrogen) atoms. The van der Waals surface area contributed by atoms with E-state index in [1.54, 1.807) is 26.0 Å². The van der Waals surface area contributed by atoms with Gasteiger partial charge in [-0.05, 0) is 12.1 Å².